The van der Waals surface area contributed by atoms with Crippen molar-refractivity contribution in [1.82, 2.24) is 4.98 Å². The van der Waals surface area contributed by atoms with E-state index < -0.39 is 0 Å². The van der Waals surface area contributed by atoms with Crippen LogP contribution in [0.5, 0.6) is 0 Å². The monoisotopic (exact) mass is 217 g/mol. The third kappa shape index (κ3) is 3.23. The second-order valence-electron chi connectivity index (χ2n) is 4.65. The standard InChI is InChI=1S/C13H19N3/c1-10(2)9-16(11(3)4)13-6-5-12(7-14)15-8-13/h5-6,8,10-11H,9H2,1-4H3. The van der Waals surface area contributed by atoms with Gasteiger partial charge in [0, 0.05) is 12.6 Å². The SMILES string of the molecule is CC(C)CN(c1ccc(C#N)nc1)C(C)C. The van der Waals surface area contributed by atoms with E-state index in [0.717, 1.165) is 12.2 Å². The first kappa shape index (κ1) is 12.5. The van der Waals surface area contributed by atoms with Crippen LogP contribution in [0.2, 0.25) is 0 Å². The van der Waals surface area contributed by atoms with Crippen molar-refractivity contribution in [1.29, 1.82) is 5.26 Å². The lowest BCUT2D eigenvalue weighted by Crippen LogP contribution is -2.34. The molecule has 0 spiro atoms. The third-order valence-corrected chi connectivity index (χ3v) is 2.38. The van der Waals surface area contributed by atoms with Crippen molar-refractivity contribution in [3.63, 3.8) is 0 Å². The third-order valence-electron chi connectivity index (χ3n) is 2.38. The maximum absolute atomic E-state index is 8.70. The van der Waals surface area contributed by atoms with Crippen molar-refractivity contribution in [2.75, 3.05) is 11.4 Å². The number of rotatable bonds is 4. The second-order valence-corrected chi connectivity index (χ2v) is 4.65. The van der Waals surface area contributed by atoms with Gasteiger partial charge in [0.25, 0.3) is 0 Å². The smallest absolute Gasteiger partial charge is 0.140 e. The molecule has 0 amide bonds. The van der Waals surface area contributed by atoms with Gasteiger partial charge in [0.1, 0.15) is 11.8 Å². The van der Waals surface area contributed by atoms with E-state index in [-0.39, 0.29) is 0 Å². The molecule has 0 aliphatic carbocycles. The van der Waals surface area contributed by atoms with Crippen LogP contribution in [0.3, 0.4) is 0 Å². The summed E-state index contributed by atoms with van der Waals surface area (Å²) in [6.07, 6.45) is 1.78. The zero-order valence-corrected chi connectivity index (χ0v) is 10.4. The molecular weight excluding hydrogens is 198 g/mol. The number of aromatic nitrogens is 1. The van der Waals surface area contributed by atoms with Gasteiger partial charge in [0.2, 0.25) is 0 Å². The van der Waals surface area contributed by atoms with Crippen LogP contribution >= 0.6 is 0 Å². The maximum Gasteiger partial charge on any atom is 0.140 e. The van der Waals surface area contributed by atoms with Gasteiger partial charge in [-0.1, -0.05) is 13.8 Å². The predicted molar refractivity (Wildman–Crippen MR) is 66.3 cm³/mol. The topological polar surface area (TPSA) is 39.9 Å². The Bertz CT molecular complexity index is 360. The Morgan fingerprint density at radius 1 is 1.31 bits per heavy atom. The number of hydrogen-bond acceptors (Lipinski definition) is 3. The quantitative estimate of drug-likeness (QED) is 0.778. The fraction of sp³-hybridized carbons (Fsp3) is 0.538. The van der Waals surface area contributed by atoms with E-state index in [2.05, 4.69) is 37.6 Å². The molecule has 0 N–H and O–H groups in total. The Morgan fingerprint density at radius 3 is 2.38 bits per heavy atom. The van der Waals surface area contributed by atoms with Crippen LogP contribution in [0.1, 0.15) is 33.4 Å². The fourth-order valence-electron chi connectivity index (χ4n) is 1.63. The van der Waals surface area contributed by atoms with E-state index in [1.54, 1.807) is 12.3 Å². The van der Waals surface area contributed by atoms with Gasteiger partial charge < -0.3 is 4.90 Å². The average molecular weight is 217 g/mol. The molecule has 0 aliphatic heterocycles. The van der Waals surface area contributed by atoms with Gasteiger partial charge in [-0.3, -0.25) is 0 Å². The molecule has 1 rings (SSSR count). The first-order chi connectivity index (χ1) is 7.54. The summed E-state index contributed by atoms with van der Waals surface area (Å²) in [5.41, 5.74) is 1.56. The zero-order valence-electron chi connectivity index (χ0n) is 10.4. The highest BCUT2D eigenvalue weighted by molar-refractivity contribution is 5.46. The Hall–Kier alpha value is -1.56. The molecule has 0 radical (unpaired) electrons. The van der Waals surface area contributed by atoms with Crippen LogP contribution in [-0.4, -0.2) is 17.6 Å². The van der Waals surface area contributed by atoms with Crippen LogP contribution in [0, 0.1) is 17.2 Å². The van der Waals surface area contributed by atoms with Crippen molar-refractivity contribution < 1.29 is 0 Å². The van der Waals surface area contributed by atoms with Gasteiger partial charge in [0.05, 0.1) is 11.9 Å². The lowest BCUT2D eigenvalue weighted by molar-refractivity contribution is 0.570. The van der Waals surface area contributed by atoms with E-state index in [9.17, 15) is 0 Å². The lowest BCUT2D eigenvalue weighted by Gasteiger charge is -2.30. The van der Waals surface area contributed by atoms with Crippen molar-refractivity contribution in [2.24, 2.45) is 5.92 Å². The Kier molecular flexibility index (Phi) is 4.30. The highest BCUT2D eigenvalue weighted by atomic mass is 15.2. The summed E-state index contributed by atoms with van der Waals surface area (Å²) in [5, 5.41) is 8.70. The molecule has 1 aromatic heterocycles. The molecule has 1 aromatic rings. The van der Waals surface area contributed by atoms with Crippen molar-refractivity contribution in [2.45, 2.75) is 33.7 Å². The molecular formula is C13H19N3. The van der Waals surface area contributed by atoms with Crippen molar-refractivity contribution in [3.8, 4) is 6.07 Å². The number of pyridine rings is 1. The minimum Gasteiger partial charge on any atom is -0.368 e. The molecule has 0 atom stereocenters. The molecule has 0 bridgehead atoms. The summed E-state index contributed by atoms with van der Waals surface area (Å²) in [6, 6.07) is 6.21. The van der Waals surface area contributed by atoms with Gasteiger partial charge in [-0.2, -0.15) is 5.26 Å². The molecule has 0 aliphatic rings. The number of anilines is 1. The molecule has 16 heavy (non-hydrogen) atoms. The molecule has 0 fully saturated rings. The summed E-state index contributed by atoms with van der Waals surface area (Å²) in [6.45, 7) is 9.74. The molecule has 0 unspecified atom stereocenters. The van der Waals surface area contributed by atoms with Crippen LogP contribution < -0.4 is 4.90 Å². The minimum atomic E-state index is 0.442. The van der Waals surface area contributed by atoms with E-state index in [1.165, 1.54) is 0 Å². The second kappa shape index (κ2) is 5.50. The lowest BCUT2D eigenvalue weighted by atomic mass is 10.1. The van der Waals surface area contributed by atoms with Gasteiger partial charge in [0.15, 0.2) is 0 Å². The summed E-state index contributed by atoms with van der Waals surface area (Å²) >= 11 is 0. The van der Waals surface area contributed by atoms with Gasteiger partial charge in [-0.15, -0.1) is 0 Å². The van der Waals surface area contributed by atoms with E-state index in [4.69, 9.17) is 5.26 Å². The zero-order chi connectivity index (χ0) is 12.1. The predicted octanol–water partition coefficient (Wildman–Crippen LogP) is 2.82. The molecule has 3 heteroatoms. The Balaban J connectivity index is 2.89. The molecule has 86 valence electrons. The maximum atomic E-state index is 8.70. The van der Waals surface area contributed by atoms with Crippen LogP contribution in [0.4, 0.5) is 5.69 Å². The minimum absolute atomic E-state index is 0.442. The highest BCUT2D eigenvalue weighted by Gasteiger charge is 2.12. The molecule has 0 saturated heterocycles. The van der Waals surface area contributed by atoms with E-state index >= 15 is 0 Å². The summed E-state index contributed by atoms with van der Waals surface area (Å²) in [4.78, 5) is 6.41. The number of nitrogens with zero attached hydrogens (tertiary/aromatic N) is 3. The molecule has 1 heterocycles. The molecule has 0 aromatic carbocycles. The Labute approximate surface area is 97.7 Å². The van der Waals surface area contributed by atoms with Gasteiger partial charge >= 0.3 is 0 Å². The van der Waals surface area contributed by atoms with Crippen LogP contribution in [0.15, 0.2) is 18.3 Å². The van der Waals surface area contributed by atoms with Crippen molar-refractivity contribution in [3.05, 3.63) is 24.0 Å². The molecule has 0 saturated carbocycles. The average Bonchev–Trinajstić information content (AvgIpc) is 2.25. The molecule has 3 nitrogen and oxygen atoms in total. The number of nitriles is 1. The summed E-state index contributed by atoms with van der Waals surface area (Å²) in [5.74, 6) is 0.609. The van der Waals surface area contributed by atoms with Gasteiger partial charge in [-0.25, -0.2) is 4.98 Å². The highest BCUT2D eigenvalue weighted by Crippen LogP contribution is 2.17. The van der Waals surface area contributed by atoms with Crippen LogP contribution in [0.25, 0.3) is 0 Å². The van der Waals surface area contributed by atoms with E-state index in [0.29, 0.717) is 17.7 Å². The van der Waals surface area contributed by atoms with E-state index in [1.807, 2.05) is 12.1 Å². The fourth-order valence-corrected chi connectivity index (χ4v) is 1.63. The summed E-state index contributed by atoms with van der Waals surface area (Å²) < 4.78 is 0. The first-order valence-electron chi connectivity index (χ1n) is 5.67. The largest absolute Gasteiger partial charge is 0.368 e. The van der Waals surface area contributed by atoms with Crippen molar-refractivity contribution >= 4 is 5.69 Å². The summed E-state index contributed by atoms with van der Waals surface area (Å²) in [7, 11) is 0. The Morgan fingerprint density at radius 2 is 2.00 bits per heavy atom. The first-order valence-corrected chi connectivity index (χ1v) is 5.67. The van der Waals surface area contributed by atoms with Crippen LogP contribution in [-0.2, 0) is 0 Å². The number of hydrogen-bond donors (Lipinski definition) is 0. The van der Waals surface area contributed by atoms with Gasteiger partial charge in [-0.05, 0) is 31.9 Å². The normalized spacial score (nSPS) is 10.6.